The number of hydrogen-bond acceptors (Lipinski definition) is 3. The fourth-order valence-electron chi connectivity index (χ4n) is 2.02. The number of rotatable bonds is 1. The summed E-state index contributed by atoms with van der Waals surface area (Å²) in [5, 5.41) is 0. The van der Waals surface area contributed by atoms with Crippen LogP contribution >= 0.6 is 11.3 Å². The van der Waals surface area contributed by atoms with Crippen LogP contribution in [0.15, 0.2) is 6.07 Å². The van der Waals surface area contributed by atoms with Gasteiger partial charge in [0.2, 0.25) is 0 Å². The van der Waals surface area contributed by atoms with E-state index < -0.39 is 0 Å². The molecule has 2 rings (SSSR count). The fourth-order valence-corrected chi connectivity index (χ4v) is 3.25. The second-order valence-corrected chi connectivity index (χ2v) is 5.74. The van der Waals surface area contributed by atoms with E-state index >= 15 is 0 Å². The van der Waals surface area contributed by atoms with Crippen molar-refractivity contribution in [3.8, 4) is 0 Å². The van der Waals surface area contributed by atoms with Crippen LogP contribution in [0.3, 0.4) is 0 Å². The quantitative estimate of drug-likeness (QED) is 0.782. The molecule has 0 fully saturated rings. The van der Waals surface area contributed by atoms with E-state index in [0.29, 0.717) is 0 Å². The molecule has 1 aliphatic rings. The van der Waals surface area contributed by atoms with Gasteiger partial charge in [0.1, 0.15) is 0 Å². The Morgan fingerprint density at radius 1 is 1.39 bits per heavy atom. The average molecular weight is 268 g/mol. The second-order valence-electron chi connectivity index (χ2n) is 4.60. The average Bonchev–Trinajstić information content (AvgIpc) is 2.66. The molecule has 0 aromatic carbocycles. The third-order valence-corrected chi connectivity index (χ3v) is 4.12. The molecular formula is C14H24N2OS. The predicted octanol–water partition coefficient (Wildman–Crippen LogP) is 2.85. The van der Waals surface area contributed by atoms with Crippen molar-refractivity contribution in [2.45, 2.75) is 33.2 Å². The van der Waals surface area contributed by atoms with E-state index in [9.17, 15) is 4.79 Å². The number of aryl methyl sites for hydroxylation is 1. The molecule has 4 heteroatoms. The summed E-state index contributed by atoms with van der Waals surface area (Å²) in [6.07, 6.45) is 2.31. The minimum Gasteiger partial charge on any atom is -0.344 e. The number of nitrogens with zero attached hydrogens (tertiary/aromatic N) is 2. The lowest BCUT2D eigenvalue weighted by Crippen LogP contribution is -2.20. The highest BCUT2D eigenvalue weighted by Gasteiger charge is 2.18. The summed E-state index contributed by atoms with van der Waals surface area (Å²) in [5.41, 5.74) is 1.34. The summed E-state index contributed by atoms with van der Waals surface area (Å²) >= 11 is 1.67. The molecular weight excluding hydrogens is 244 g/mol. The molecule has 0 aliphatic carbocycles. The Balaban J connectivity index is 0.000000771. The molecule has 0 unspecified atom stereocenters. The molecule has 1 amide bonds. The first-order valence-electron chi connectivity index (χ1n) is 6.59. The van der Waals surface area contributed by atoms with Gasteiger partial charge in [-0.3, -0.25) is 4.79 Å². The van der Waals surface area contributed by atoms with Gasteiger partial charge in [0.25, 0.3) is 5.91 Å². The highest BCUT2D eigenvalue weighted by atomic mass is 32.1. The van der Waals surface area contributed by atoms with Crippen LogP contribution in [0.4, 0.5) is 0 Å². The number of fused-ring (bicyclic) bond motifs is 1. The molecule has 3 nitrogen and oxygen atoms in total. The monoisotopic (exact) mass is 268 g/mol. The first-order valence-corrected chi connectivity index (χ1v) is 7.41. The molecule has 0 bridgehead atoms. The molecule has 0 spiro atoms. The van der Waals surface area contributed by atoms with Gasteiger partial charge in [0.15, 0.2) is 0 Å². The Morgan fingerprint density at radius 3 is 2.67 bits per heavy atom. The summed E-state index contributed by atoms with van der Waals surface area (Å²) in [4.78, 5) is 18.1. The summed E-state index contributed by atoms with van der Waals surface area (Å²) in [5.74, 6) is 0.126. The minimum absolute atomic E-state index is 0.126. The second kappa shape index (κ2) is 6.90. The number of carbonyl (C=O) groups excluding carboxylic acids is 1. The largest absolute Gasteiger partial charge is 0.344 e. The van der Waals surface area contributed by atoms with E-state index in [4.69, 9.17) is 0 Å². The van der Waals surface area contributed by atoms with E-state index in [1.165, 1.54) is 16.9 Å². The lowest BCUT2D eigenvalue weighted by Gasteiger charge is -2.12. The fraction of sp³-hybridized carbons (Fsp3) is 0.643. The lowest BCUT2D eigenvalue weighted by atomic mass is 10.2. The molecule has 1 aromatic rings. The smallest absolute Gasteiger partial charge is 0.263 e. The Hall–Kier alpha value is -0.870. The van der Waals surface area contributed by atoms with Crippen LogP contribution in [0.25, 0.3) is 0 Å². The summed E-state index contributed by atoms with van der Waals surface area (Å²) in [6, 6.07) is 2.07. The molecule has 0 N–H and O–H groups in total. The third-order valence-electron chi connectivity index (χ3n) is 2.90. The van der Waals surface area contributed by atoms with Crippen LogP contribution in [-0.4, -0.2) is 43.4 Å². The Kier molecular flexibility index (Phi) is 5.82. The molecule has 2 heterocycles. The summed E-state index contributed by atoms with van der Waals surface area (Å²) in [6.45, 7) is 6.13. The van der Waals surface area contributed by atoms with E-state index in [1.807, 2.05) is 13.8 Å². The van der Waals surface area contributed by atoms with Crippen molar-refractivity contribution < 1.29 is 4.79 Å². The molecule has 18 heavy (non-hydrogen) atoms. The van der Waals surface area contributed by atoms with Crippen LogP contribution < -0.4 is 0 Å². The number of hydrogen-bond donors (Lipinski definition) is 0. The molecule has 0 saturated carbocycles. The first kappa shape index (κ1) is 15.2. The van der Waals surface area contributed by atoms with Gasteiger partial charge in [-0.1, -0.05) is 13.8 Å². The Bertz CT molecular complexity index is 398. The van der Waals surface area contributed by atoms with E-state index in [1.54, 1.807) is 30.3 Å². The van der Waals surface area contributed by atoms with Crippen molar-refractivity contribution in [2.75, 3.05) is 27.7 Å². The van der Waals surface area contributed by atoms with Crippen molar-refractivity contribution >= 4 is 17.2 Å². The van der Waals surface area contributed by atoms with Gasteiger partial charge >= 0.3 is 0 Å². The SMILES string of the molecule is CC.CN1CCCc2sc(C(=O)N(C)C)cc2C1. The molecule has 102 valence electrons. The number of carbonyl (C=O) groups is 1. The standard InChI is InChI=1S/C12H18N2OS.C2H6/c1-13(2)12(15)11-7-9-8-14(3)6-4-5-10(9)16-11;1-2/h7H,4-6,8H2,1-3H3;1-2H3. The van der Waals surface area contributed by atoms with Gasteiger partial charge in [-0.05, 0) is 38.1 Å². The van der Waals surface area contributed by atoms with Gasteiger partial charge in [0, 0.05) is 25.5 Å². The number of amides is 1. The van der Waals surface area contributed by atoms with Crippen LogP contribution in [0.1, 0.15) is 40.4 Å². The van der Waals surface area contributed by atoms with E-state index in [0.717, 1.165) is 24.4 Å². The van der Waals surface area contributed by atoms with E-state index in [-0.39, 0.29) is 5.91 Å². The van der Waals surface area contributed by atoms with Crippen LogP contribution in [-0.2, 0) is 13.0 Å². The highest BCUT2D eigenvalue weighted by Crippen LogP contribution is 2.27. The molecule has 1 aromatic heterocycles. The van der Waals surface area contributed by atoms with E-state index in [2.05, 4.69) is 18.0 Å². The molecule has 0 saturated heterocycles. The van der Waals surface area contributed by atoms with Crippen molar-refractivity contribution in [1.82, 2.24) is 9.80 Å². The predicted molar refractivity (Wildman–Crippen MR) is 78.3 cm³/mol. The molecule has 0 atom stereocenters. The maximum atomic E-state index is 11.9. The van der Waals surface area contributed by atoms with Crippen LogP contribution in [0.5, 0.6) is 0 Å². The zero-order valence-electron chi connectivity index (χ0n) is 12.1. The maximum Gasteiger partial charge on any atom is 0.263 e. The zero-order valence-corrected chi connectivity index (χ0v) is 12.9. The van der Waals surface area contributed by atoms with Gasteiger partial charge < -0.3 is 9.80 Å². The highest BCUT2D eigenvalue weighted by molar-refractivity contribution is 7.14. The van der Waals surface area contributed by atoms with Crippen molar-refractivity contribution in [3.05, 3.63) is 21.4 Å². The van der Waals surface area contributed by atoms with Gasteiger partial charge in [0.05, 0.1) is 4.88 Å². The Morgan fingerprint density at radius 2 is 2.06 bits per heavy atom. The molecule has 0 radical (unpaired) electrons. The summed E-state index contributed by atoms with van der Waals surface area (Å²) in [7, 11) is 5.75. The molecule has 1 aliphatic heterocycles. The topological polar surface area (TPSA) is 23.6 Å². The van der Waals surface area contributed by atoms with Gasteiger partial charge in [-0.15, -0.1) is 11.3 Å². The lowest BCUT2D eigenvalue weighted by molar-refractivity contribution is 0.0832. The Labute approximate surface area is 114 Å². The van der Waals surface area contributed by atoms with Gasteiger partial charge in [-0.2, -0.15) is 0 Å². The van der Waals surface area contributed by atoms with Crippen molar-refractivity contribution in [2.24, 2.45) is 0 Å². The number of thiophene rings is 1. The van der Waals surface area contributed by atoms with Crippen molar-refractivity contribution in [3.63, 3.8) is 0 Å². The first-order chi connectivity index (χ1) is 8.58. The minimum atomic E-state index is 0.126. The van der Waals surface area contributed by atoms with Crippen molar-refractivity contribution in [1.29, 1.82) is 0 Å². The normalized spacial score (nSPS) is 15.2. The van der Waals surface area contributed by atoms with Crippen LogP contribution in [0, 0.1) is 0 Å². The maximum absolute atomic E-state index is 11.9. The van der Waals surface area contributed by atoms with Crippen LogP contribution in [0.2, 0.25) is 0 Å². The zero-order chi connectivity index (χ0) is 13.7. The van der Waals surface area contributed by atoms with Gasteiger partial charge in [-0.25, -0.2) is 0 Å². The third kappa shape index (κ3) is 3.56. The summed E-state index contributed by atoms with van der Waals surface area (Å²) < 4.78 is 0.